The Morgan fingerprint density at radius 1 is 1.00 bits per heavy atom. The van der Waals surface area contributed by atoms with Crippen molar-refractivity contribution in [2.24, 2.45) is 5.10 Å². The summed E-state index contributed by atoms with van der Waals surface area (Å²) in [6.07, 6.45) is 1.40. The molecule has 1 N–H and O–H groups in total. The molecule has 0 unspecified atom stereocenters. The molecule has 3 aromatic carbocycles. The van der Waals surface area contributed by atoms with E-state index in [0.29, 0.717) is 27.6 Å². The van der Waals surface area contributed by atoms with Gasteiger partial charge in [-0.15, -0.1) is 0 Å². The summed E-state index contributed by atoms with van der Waals surface area (Å²) in [5.41, 5.74) is 5.53. The van der Waals surface area contributed by atoms with Gasteiger partial charge in [-0.2, -0.15) is 5.10 Å². The summed E-state index contributed by atoms with van der Waals surface area (Å²) in [5, 5.41) is 4.45. The number of esters is 1. The first-order valence-electron chi connectivity index (χ1n) is 9.51. The third-order valence-electron chi connectivity index (χ3n) is 4.44. The summed E-state index contributed by atoms with van der Waals surface area (Å²) in [7, 11) is 0. The zero-order valence-corrected chi connectivity index (χ0v) is 17.8. The van der Waals surface area contributed by atoms with Gasteiger partial charge in [0.1, 0.15) is 11.5 Å². The van der Waals surface area contributed by atoms with E-state index in [2.05, 4.69) is 10.5 Å². The van der Waals surface area contributed by atoms with E-state index in [1.165, 1.54) is 6.21 Å². The molecule has 0 saturated heterocycles. The van der Waals surface area contributed by atoms with Gasteiger partial charge in [0.15, 0.2) is 6.61 Å². The monoisotopic (exact) mass is 436 g/mol. The molecule has 0 heterocycles. The zero-order valence-electron chi connectivity index (χ0n) is 17.1. The molecule has 0 aliphatic heterocycles. The van der Waals surface area contributed by atoms with Crippen molar-refractivity contribution < 1.29 is 19.1 Å². The molecule has 0 bridgehead atoms. The molecule has 7 heteroatoms. The summed E-state index contributed by atoms with van der Waals surface area (Å²) >= 11 is 5.84. The molecule has 0 aliphatic rings. The van der Waals surface area contributed by atoms with Crippen molar-refractivity contribution in [2.75, 3.05) is 6.61 Å². The number of para-hydroxylation sites is 1. The number of hydrogen-bond donors (Lipinski definition) is 1. The molecular formula is C24H21ClN2O4. The van der Waals surface area contributed by atoms with E-state index in [4.69, 9.17) is 21.1 Å². The second-order valence-corrected chi connectivity index (χ2v) is 7.20. The Balaban J connectivity index is 1.57. The predicted octanol–water partition coefficient (Wildman–Crippen LogP) is 4.71. The van der Waals surface area contributed by atoms with Crippen LogP contribution in [0.25, 0.3) is 0 Å². The molecule has 0 aromatic heterocycles. The minimum absolute atomic E-state index is 0.174. The van der Waals surface area contributed by atoms with Gasteiger partial charge in [-0.1, -0.05) is 29.8 Å². The second kappa shape index (κ2) is 10.4. The highest BCUT2D eigenvalue weighted by Gasteiger charge is 2.11. The highest BCUT2D eigenvalue weighted by atomic mass is 35.5. The van der Waals surface area contributed by atoms with Crippen LogP contribution in [0, 0.1) is 13.8 Å². The molecule has 6 nitrogen and oxygen atoms in total. The molecule has 0 aliphatic carbocycles. The van der Waals surface area contributed by atoms with Gasteiger partial charge in [0, 0.05) is 10.6 Å². The van der Waals surface area contributed by atoms with Crippen LogP contribution >= 0.6 is 11.6 Å². The first kappa shape index (κ1) is 22.1. The largest absolute Gasteiger partial charge is 0.484 e. The second-order valence-electron chi connectivity index (χ2n) is 6.76. The van der Waals surface area contributed by atoms with Crippen LogP contribution in [0.3, 0.4) is 0 Å². The summed E-state index contributed by atoms with van der Waals surface area (Å²) in [6, 6.07) is 18.9. The van der Waals surface area contributed by atoms with Gasteiger partial charge in [0.25, 0.3) is 5.91 Å². The molecule has 3 rings (SSSR count). The highest BCUT2D eigenvalue weighted by molar-refractivity contribution is 6.30. The van der Waals surface area contributed by atoms with E-state index in [0.717, 1.165) is 11.1 Å². The van der Waals surface area contributed by atoms with Crippen molar-refractivity contribution in [1.82, 2.24) is 5.43 Å². The van der Waals surface area contributed by atoms with Crippen LogP contribution in [0.4, 0.5) is 0 Å². The van der Waals surface area contributed by atoms with Crippen molar-refractivity contribution >= 4 is 29.7 Å². The van der Waals surface area contributed by atoms with Crippen molar-refractivity contribution in [3.63, 3.8) is 0 Å². The minimum Gasteiger partial charge on any atom is -0.484 e. The minimum atomic E-state index is -0.525. The number of amides is 1. The zero-order chi connectivity index (χ0) is 22.2. The number of carbonyl (C=O) groups is 2. The number of carbonyl (C=O) groups excluding carboxylic acids is 2. The first-order valence-corrected chi connectivity index (χ1v) is 9.89. The summed E-state index contributed by atoms with van der Waals surface area (Å²) in [4.78, 5) is 24.3. The van der Waals surface area contributed by atoms with Gasteiger partial charge < -0.3 is 9.47 Å². The number of aryl methyl sites for hydroxylation is 2. The van der Waals surface area contributed by atoms with Gasteiger partial charge in [0.05, 0.1) is 11.8 Å². The average molecular weight is 437 g/mol. The summed E-state index contributed by atoms with van der Waals surface area (Å²) in [5.74, 6) is -0.0121. The maximum Gasteiger partial charge on any atom is 0.343 e. The summed E-state index contributed by atoms with van der Waals surface area (Å²) < 4.78 is 10.9. The molecule has 3 aromatic rings. The first-order chi connectivity index (χ1) is 14.9. The average Bonchev–Trinajstić information content (AvgIpc) is 2.76. The Kier molecular flexibility index (Phi) is 7.40. The van der Waals surface area contributed by atoms with Crippen LogP contribution in [0.1, 0.15) is 27.0 Å². The standard InChI is InChI=1S/C24H21ClN2O4/c1-16-7-12-21(13-17(16)2)30-15-23(28)27-26-14-19-5-3-4-6-22(19)31-24(29)18-8-10-20(25)11-9-18/h3-14H,15H2,1-2H3,(H,27,28)/b26-14+. The fraction of sp³-hybridized carbons (Fsp3) is 0.125. The molecule has 158 valence electrons. The number of hydrogen-bond acceptors (Lipinski definition) is 5. The van der Waals surface area contributed by atoms with Crippen molar-refractivity contribution in [1.29, 1.82) is 0 Å². The Morgan fingerprint density at radius 3 is 2.48 bits per heavy atom. The molecule has 0 saturated carbocycles. The number of halogens is 1. The lowest BCUT2D eigenvalue weighted by molar-refractivity contribution is -0.123. The molecule has 31 heavy (non-hydrogen) atoms. The predicted molar refractivity (Wildman–Crippen MR) is 120 cm³/mol. The lowest BCUT2D eigenvalue weighted by Gasteiger charge is -2.08. The van der Waals surface area contributed by atoms with Crippen LogP contribution in [0.15, 0.2) is 71.8 Å². The number of benzene rings is 3. The SMILES string of the molecule is Cc1ccc(OCC(=O)N/N=C/c2ccccc2OC(=O)c2ccc(Cl)cc2)cc1C. The molecule has 1 amide bonds. The Bertz CT molecular complexity index is 1110. The summed E-state index contributed by atoms with van der Waals surface area (Å²) in [6.45, 7) is 3.81. The smallest absolute Gasteiger partial charge is 0.343 e. The number of ether oxygens (including phenoxy) is 2. The number of nitrogens with one attached hydrogen (secondary N) is 1. The van der Waals surface area contributed by atoms with Crippen LogP contribution in [-0.2, 0) is 4.79 Å². The Labute approximate surface area is 185 Å². The van der Waals surface area contributed by atoms with Gasteiger partial charge >= 0.3 is 5.97 Å². The van der Waals surface area contributed by atoms with E-state index in [1.54, 1.807) is 48.5 Å². The van der Waals surface area contributed by atoms with Gasteiger partial charge in [-0.25, -0.2) is 10.2 Å². The van der Waals surface area contributed by atoms with Crippen LogP contribution in [-0.4, -0.2) is 24.7 Å². The normalized spacial score (nSPS) is 10.7. The topological polar surface area (TPSA) is 77.0 Å². The maximum absolute atomic E-state index is 12.3. The lowest BCUT2D eigenvalue weighted by atomic mass is 10.1. The van der Waals surface area contributed by atoms with Crippen LogP contribution in [0.5, 0.6) is 11.5 Å². The van der Waals surface area contributed by atoms with Crippen molar-refractivity contribution in [2.45, 2.75) is 13.8 Å². The molecule has 0 atom stereocenters. The Hall–Kier alpha value is -3.64. The van der Waals surface area contributed by atoms with Crippen LogP contribution < -0.4 is 14.9 Å². The van der Waals surface area contributed by atoms with Crippen LogP contribution in [0.2, 0.25) is 5.02 Å². The van der Waals surface area contributed by atoms with E-state index in [1.807, 2.05) is 32.0 Å². The number of hydrazone groups is 1. The maximum atomic E-state index is 12.3. The quantitative estimate of drug-likeness (QED) is 0.252. The fourth-order valence-corrected chi connectivity index (χ4v) is 2.71. The van der Waals surface area contributed by atoms with Gasteiger partial charge in [-0.3, -0.25) is 4.79 Å². The molecule has 0 radical (unpaired) electrons. The van der Waals surface area contributed by atoms with E-state index in [-0.39, 0.29) is 6.61 Å². The molecular weight excluding hydrogens is 416 g/mol. The lowest BCUT2D eigenvalue weighted by Crippen LogP contribution is -2.24. The molecule has 0 spiro atoms. The fourth-order valence-electron chi connectivity index (χ4n) is 2.58. The van der Waals surface area contributed by atoms with E-state index in [9.17, 15) is 9.59 Å². The number of rotatable bonds is 7. The van der Waals surface area contributed by atoms with Gasteiger partial charge in [-0.05, 0) is 73.5 Å². The highest BCUT2D eigenvalue weighted by Crippen LogP contribution is 2.19. The third-order valence-corrected chi connectivity index (χ3v) is 4.69. The van der Waals surface area contributed by atoms with E-state index >= 15 is 0 Å². The molecule has 0 fully saturated rings. The Morgan fingerprint density at radius 2 is 1.74 bits per heavy atom. The van der Waals surface area contributed by atoms with Gasteiger partial charge in [0.2, 0.25) is 0 Å². The third kappa shape index (κ3) is 6.42. The van der Waals surface area contributed by atoms with Crippen molar-refractivity contribution in [3.05, 3.63) is 94.0 Å². The van der Waals surface area contributed by atoms with E-state index < -0.39 is 11.9 Å². The number of nitrogens with zero attached hydrogens (tertiary/aromatic N) is 1. The van der Waals surface area contributed by atoms with Crippen molar-refractivity contribution in [3.8, 4) is 11.5 Å².